The minimum absolute atomic E-state index is 0. The smallest absolute Gasteiger partial charge is 0.248 e. The number of piperidine rings is 1. The largest absolute Gasteiger partial charge is 0.379 e. The Morgan fingerprint density at radius 3 is 2.70 bits per heavy atom. The number of carbonyl (C=O) groups excluding carboxylic acids is 2. The number of ether oxygens (including phenoxy) is 2. The Morgan fingerprint density at radius 1 is 1.26 bits per heavy atom. The number of carbonyl (C=O) groups is 2. The predicted octanol–water partition coefficient (Wildman–Crippen LogP) is 0.307. The molecule has 8 heteroatoms. The van der Waals surface area contributed by atoms with Gasteiger partial charge in [-0.05, 0) is 26.2 Å². The van der Waals surface area contributed by atoms with E-state index < -0.39 is 0 Å². The van der Waals surface area contributed by atoms with Crippen LogP contribution in [-0.4, -0.2) is 68.8 Å². The number of nitrogens with two attached hydrogens (primary N) is 1. The average molecular weight is 352 g/mol. The zero-order chi connectivity index (χ0) is 16.2. The van der Waals surface area contributed by atoms with Gasteiger partial charge in [0, 0.05) is 38.7 Å². The van der Waals surface area contributed by atoms with Crippen LogP contribution in [0.15, 0.2) is 0 Å². The summed E-state index contributed by atoms with van der Waals surface area (Å²) in [6.07, 6.45) is 3.30. The van der Waals surface area contributed by atoms with Gasteiger partial charge < -0.3 is 25.4 Å². The number of halogens is 1. The van der Waals surface area contributed by atoms with Crippen LogP contribution >= 0.6 is 12.4 Å². The van der Waals surface area contributed by atoms with E-state index >= 15 is 0 Å². The molecule has 0 aromatic rings. The summed E-state index contributed by atoms with van der Waals surface area (Å²) in [5.74, 6) is -0.0808. The first-order valence-electron chi connectivity index (χ1n) is 8.10. The average Bonchev–Trinajstić information content (AvgIpc) is 2.53. The van der Waals surface area contributed by atoms with Crippen LogP contribution in [0, 0.1) is 0 Å². The Bertz CT molecular complexity index is 345. The van der Waals surface area contributed by atoms with Crippen LogP contribution in [0.3, 0.4) is 0 Å². The summed E-state index contributed by atoms with van der Waals surface area (Å²) < 4.78 is 10.5. The van der Waals surface area contributed by atoms with E-state index in [1.54, 1.807) is 0 Å². The number of nitrogens with one attached hydrogen (secondary N) is 1. The molecule has 1 aliphatic rings. The van der Waals surface area contributed by atoms with E-state index in [9.17, 15) is 9.59 Å². The summed E-state index contributed by atoms with van der Waals surface area (Å²) in [4.78, 5) is 25.6. The normalized spacial score (nSPS) is 17.5. The van der Waals surface area contributed by atoms with Crippen molar-refractivity contribution in [2.24, 2.45) is 5.73 Å². The lowest BCUT2D eigenvalue weighted by Gasteiger charge is -2.35. The highest BCUT2D eigenvalue weighted by Gasteiger charge is 2.26. The summed E-state index contributed by atoms with van der Waals surface area (Å²) in [6.45, 7) is 5.12. The maximum absolute atomic E-state index is 12.2. The quantitative estimate of drug-likeness (QED) is 0.552. The Balaban J connectivity index is 0.00000484. The van der Waals surface area contributed by atoms with Gasteiger partial charge in [0.2, 0.25) is 11.8 Å². The zero-order valence-corrected chi connectivity index (χ0v) is 14.7. The number of likely N-dealkylation sites (tertiary alicyclic amines) is 1. The molecule has 1 aliphatic heterocycles. The molecule has 136 valence electrons. The van der Waals surface area contributed by atoms with E-state index in [1.165, 1.54) is 0 Å². The first-order chi connectivity index (χ1) is 10.7. The predicted molar refractivity (Wildman–Crippen MR) is 90.6 cm³/mol. The van der Waals surface area contributed by atoms with Gasteiger partial charge in [0.1, 0.15) is 6.61 Å². The molecule has 1 fully saturated rings. The molecule has 7 nitrogen and oxygen atoms in total. The van der Waals surface area contributed by atoms with E-state index in [0.717, 1.165) is 25.8 Å². The first-order valence-corrected chi connectivity index (χ1v) is 8.10. The summed E-state index contributed by atoms with van der Waals surface area (Å²) in [5, 5.41) is 2.85. The Morgan fingerprint density at radius 2 is 2.00 bits per heavy atom. The van der Waals surface area contributed by atoms with Crippen molar-refractivity contribution in [3.8, 4) is 0 Å². The standard InChI is InChI=1S/C15H29N3O4.ClH/c1-2-21-9-10-22-12-15(20)18-8-4-3-5-13(18)11-17-14(19)6-7-16;/h13H,2-12,16H2,1H3,(H,17,19);1H. The molecule has 0 aliphatic carbocycles. The molecule has 0 saturated carbocycles. The third-order valence-electron chi connectivity index (χ3n) is 3.66. The number of rotatable bonds is 10. The molecule has 0 spiro atoms. The molecule has 3 N–H and O–H groups in total. The van der Waals surface area contributed by atoms with Crippen molar-refractivity contribution in [2.45, 2.75) is 38.6 Å². The van der Waals surface area contributed by atoms with Crippen molar-refractivity contribution in [2.75, 3.05) is 46.1 Å². The molecule has 0 bridgehead atoms. The molecular weight excluding hydrogens is 322 g/mol. The SMILES string of the molecule is CCOCCOCC(=O)N1CCCCC1CNC(=O)CCN.Cl. The molecule has 23 heavy (non-hydrogen) atoms. The van der Waals surface area contributed by atoms with Crippen LogP contribution in [-0.2, 0) is 19.1 Å². The van der Waals surface area contributed by atoms with Crippen molar-refractivity contribution >= 4 is 24.2 Å². The van der Waals surface area contributed by atoms with Gasteiger partial charge in [0.15, 0.2) is 0 Å². The maximum Gasteiger partial charge on any atom is 0.248 e. The van der Waals surface area contributed by atoms with Gasteiger partial charge in [-0.1, -0.05) is 0 Å². The summed E-state index contributed by atoms with van der Waals surface area (Å²) in [6, 6.07) is 0.0541. The highest BCUT2D eigenvalue weighted by atomic mass is 35.5. The minimum atomic E-state index is -0.0616. The summed E-state index contributed by atoms with van der Waals surface area (Å²) in [7, 11) is 0. The monoisotopic (exact) mass is 351 g/mol. The van der Waals surface area contributed by atoms with Crippen LogP contribution in [0.25, 0.3) is 0 Å². The van der Waals surface area contributed by atoms with Crippen molar-refractivity contribution in [1.29, 1.82) is 0 Å². The number of hydrogen-bond acceptors (Lipinski definition) is 5. The van der Waals surface area contributed by atoms with Gasteiger partial charge >= 0.3 is 0 Å². The van der Waals surface area contributed by atoms with E-state index in [2.05, 4.69) is 5.32 Å². The lowest BCUT2D eigenvalue weighted by atomic mass is 10.0. The van der Waals surface area contributed by atoms with E-state index in [1.807, 2.05) is 11.8 Å². The Kier molecular flexibility index (Phi) is 13.0. The number of amides is 2. The van der Waals surface area contributed by atoms with Crippen LogP contribution < -0.4 is 11.1 Å². The second-order valence-corrected chi connectivity index (χ2v) is 5.33. The lowest BCUT2D eigenvalue weighted by Crippen LogP contribution is -2.50. The molecule has 0 radical (unpaired) electrons. The topological polar surface area (TPSA) is 93.9 Å². The van der Waals surface area contributed by atoms with Crippen molar-refractivity contribution in [3.05, 3.63) is 0 Å². The minimum Gasteiger partial charge on any atom is -0.379 e. The van der Waals surface area contributed by atoms with Crippen LogP contribution in [0.5, 0.6) is 0 Å². The van der Waals surface area contributed by atoms with Crippen molar-refractivity contribution in [3.63, 3.8) is 0 Å². The molecule has 0 aromatic carbocycles. The van der Waals surface area contributed by atoms with Crippen molar-refractivity contribution < 1.29 is 19.1 Å². The second-order valence-electron chi connectivity index (χ2n) is 5.33. The second kappa shape index (κ2) is 13.5. The van der Waals surface area contributed by atoms with Gasteiger partial charge in [0.05, 0.1) is 13.2 Å². The molecule has 1 atom stereocenters. The molecule has 1 saturated heterocycles. The van der Waals surface area contributed by atoms with Crippen LogP contribution in [0.2, 0.25) is 0 Å². The third-order valence-corrected chi connectivity index (χ3v) is 3.66. The van der Waals surface area contributed by atoms with Crippen LogP contribution in [0.4, 0.5) is 0 Å². The number of hydrogen-bond donors (Lipinski definition) is 2. The fraction of sp³-hybridized carbons (Fsp3) is 0.867. The van der Waals surface area contributed by atoms with Gasteiger partial charge in [-0.2, -0.15) is 0 Å². The molecule has 2 amide bonds. The van der Waals surface area contributed by atoms with Gasteiger partial charge in [0.25, 0.3) is 0 Å². The van der Waals surface area contributed by atoms with Crippen molar-refractivity contribution in [1.82, 2.24) is 10.2 Å². The Labute approximate surface area is 144 Å². The first kappa shape index (κ1) is 22.1. The van der Waals surface area contributed by atoms with E-state index in [0.29, 0.717) is 39.3 Å². The Hall–Kier alpha value is -0.890. The van der Waals surface area contributed by atoms with Gasteiger partial charge in [-0.25, -0.2) is 0 Å². The van der Waals surface area contributed by atoms with Gasteiger partial charge in [-0.3, -0.25) is 9.59 Å². The molecule has 0 aromatic heterocycles. The molecule has 1 unspecified atom stereocenters. The fourth-order valence-corrected chi connectivity index (χ4v) is 2.50. The summed E-state index contributed by atoms with van der Waals surface area (Å²) in [5.41, 5.74) is 5.35. The fourth-order valence-electron chi connectivity index (χ4n) is 2.50. The zero-order valence-electron chi connectivity index (χ0n) is 13.9. The van der Waals surface area contributed by atoms with Gasteiger partial charge in [-0.15, -0.1) is 12.4 Å². The number of nitrogens with zero attached hydrogens (tertiary/aromatic N) is 1. The van der Waals surface area contributed by atoms with Crippen LogP contribution in [0.1, 0.15) is 32.6 Å². The highest BCUT2D eigenvalue weighted by molar-refractivity contribution is 5.85. The highest BCUT2D eigenvalue weighted by Crippen LogP contribution is 2.16. The lowest BCUT2D eigenvalue weighted by molar-refractivity contribution is -0.140. The molecule has 1 heterocycles. The van der Waals surface area contributed by atoms with E-state index in [4.69, 9.17) is 15.2 Å². The van der Waals surface area contributed by atoms with E-state index in [-0.39, 0.29) is 36.9 Å². The molecular formula is C15H30ClN3O4. The summed E-state index contributed by atoms with van der Waals surface area (Å²) >= 11 is 0. The molecule has 1 rings (SSSR count). The maximum atomic E-state index is 12.2. The third kappa shape index (κ3) is 9.10.